The summed E-state index contributed by atoms with van der Waals surface area (Å²) in [6.45, 7) is 5.57. The first-order chi connectivity index (χ1) is 4.81. The number of hydrogen-bond donors (Lipinski definition) is 3. The van der Waals surface area contributed by atoms with Gasteiger partial charge in [0.2, 0.25) is 0 Å². The first-order valence-electron chi connectivity index (χ1n) is 3.52. The highest BCUT2D eigenvalue weighted by molar-refractivity contribution is 4.79. The minimum Gasteiger partial charge on any atom is -0.388 e. The third-order valence-electron chi connectivity index (χ3n) is 1.18. The van der Waals surface area contributed by atoms with Gasteiger partial charge in [0.25, 0.3) is 0 Å². The van der Waals surface area contributed by atoms with Crippen molar-refractivity contribution in [2.24, 2.45) is 5.73 Å². The number of aliphatic hydroxyl groups is 1. The predicted molar refractivity (Wildman–Crippen MR) is 42.7 cm³/mol. The number of aliphatic hydroxyl groups excluding tert-OH is 1. The molecule has 0 aliphatic rings. The van der Waals surface area contributed by atoms with E-state index in [1.54, 1.807) is 0 Å². The first kappa shape index (κ1) is 9.62. The Labute approximate surface area is 61.9 Å². The zero-order chi connectivity index (χ0) is 7.82. The predicted octanol–water partition coefficient (Wildman–Crippen LogP) is -0.528. The van der Waals surface area contributed by atoms with Gasteiger partial charge in [0.15, 0.2) is 0 Å². The highest BCUT2D eigenvalue weighted by Crippen LogP contribution is 1.79. The van der Waals surface area contributed by atoms with E-state index in [0.717, 1.165) is 13.0 Å². The number of rotatable bonds is 6. The topological polar surface area (TPSA) is 58.3 Å². The molecule has 0 aliphatic heterocycles. The summed E-state index contributed by atoms with van der Waals surface area (Å²) in [5, 5.41) is 12.0. The maximum Gasteiger partial charge on any atom is 0.0842 e. The van der Waals surface area contributed by atoms with Crippen LogP contribution in [0, 0.1) is 0 Å². The highest BCUT2D eigenvalue weighted by atomic mass is 16.3. The van der Waals surface area contributed by atoms with E-state index in [1.165, 1.54) is 6.08 Å². The first-order valence-corrected chi connectivity index (χ1v) is 3.52. The van der Waals surface area contributed by atoms with Crippen LogP contribution in [0.1, 0.15) is 6.42 Å². The van der Waals surface area contributed by atoms with Crippen molar-refractivity contribution in [2.75, 3.05) is 19.6 Å². The SMILES string of the molecule is C=CC(O)CNCCCN. The lowest BCUT2D eigenvalue weighted by atomic mass is 10.3. The molecule has 0 saturated heterocycles. The van der Waals surface area contributed by atoms with E-state index < -0.39 is 6.10 Å². The Balaban J connectivity index is 2.95. The molecule has 0 saturated carbocycles. The van der Waals surface area contributed by atoms with E-state index in [2.05, 4.69) is 11.9 Å². The van der Waals surface area contributed by atoms with Crippen LogP contribution in [0.4, 0.5) is 0 Å². The molecule has 0 aromatic heterocycles. The highest BCUT2D eigenvalue weighted by Gasteiger charge is 1.94. The van der Waals surface area contributed by atoms with Crippen molar-refractivity contribution in [1.29, 1.82) is 0 Å². The Kier molecular flexibility index (Phi) is 6.48. The Bertz CT molecular complexity index is 85.7. The molecule has 10 heavy (non-hydrogen) atoms. The van der Waals surface area contributed by atoms with Crippen LogP contribution in [-0.2, 0) is 0 Å². The Hall–Kier alpha value is -0.380. The van der Waals surface area contributed by atoms with E-state index in [4.69, 9.17) is 10.8 Å². The maximum absolute atomic E-state index is 8.95. The average Bonchev–Trinajstić information content (AvgIpc) is 1.98. The van der Waals surface area contributed by atoms with Gasteiger partial charge in [-0.1, -0.05) is 6.08 Å². The van der Waals surface area contributed by atoms with Gasteiger partial charge in [-0.05, 0) is 19.5 Å². The number of nitrogens with two attached hydrogens (primary N) is 1. The van der Waals surface area contributed by atoms with E-state index in [-0.39, 0.29) is 0 Å². The molecule has 0 bridgehead atoms. The molecule has 0 amide bonds. The van der Waals surface area contributed by atoms with Gasteiger partial charge in [-0.3, -0.25) is 0 Å². The second kappa shape index (κ2) is 6.74. The number of hydrogen-bond acceptors (Lipinski definition) is 3. The van der Waals surface area contributed by atoms with Crippen LogP contribution in [0.3, 0.4) is 0 Å². The van der Waals surface area contributed by atoms with E-state index >= 15 is 0 Å². The Morgan fingerprint density at radius 3 is 2.90 bits per heavy atom. The van der Waals surface area contributed by atoms with Crippen molar-refractivity contribution in [1.82, 2.24) is 5.32 Å². The van der Waals surface area contributed by atoms with Crippen molar-refractivity contribution in [2.45, 2.75) is 12.5 Å². The zero-order valence-corrected chi connectivity index (χ0v) is 6.21. The summed E-state index contributed by atoms with van der Waals surface area (Å²) in [5.41, 5.74) is 5.26. The van der Waals surface area contributed by atoms with Crippen molar-refractivity contribution >= 4 is 0 Å². The lowest BCUT2D eigenvalue weighted by molar-refractivity contribution is 0.219. The van der Waals surface area contributed by atoms with Crippen molar-refractivity contribution < 1.29 is 5.11 Å². The molecule has 0 aromatic rings. The van der Waals surface area contributed by atoms with Crippen LogP contribution >= 0.6 is 0 Å². The van der Waals surface area contributed by atoms with Crippen molar-refractivity contribution in [3.63, 3.8) is 0 Å². The van der Waals surface area contributed by atoms with Gasteiger partial charge in [-0.25, -0.2) is 0 Å². The molecule has 4 N–H and O–H groups in total. The molecule has 3 nitrogen and oxygen atoms in total. The van der Waals surface area contributed by atoms with Gasteiger partial charge in [-0.15, -0.1) is 6.58 Å². The molecule has 1 unspecified atom stereocenters. The molecule has 0 heterocycles. The largest absolute Gasteiger partial charge is 0.388 e. The second-order valence-corrected chi connectivity index (χ2v) is 2.15. The molecule has 0 spiro atoms. The standard InChI is InChI=1S/C7H16N2O/c1-2-7(10)6-9-5-3-4-8/h2,7,9-10H,1,3-6,8H2. The Morgan fingerprint density at radius 1 is 1.70 bits per heavy atom. The molecule has 0 fully saturated rings. The van der Waals surface area contributed by atoms with Crippen molar-refractivity contribution in [3.8, 4) is 0 Å². The number of nitrogens with one attached hydrogen (secondary N) is 1. The molecule has 0 aliphatic carbocycles. The fourth-order valence-corrected chi connectivity index (χ4v) is 0.560. The monoisotopic (exact) mass is 144 g/mol. The molecule has 3 heteroatoms. The minimum atomic E-state index is -0.433. The van der Waals surface area contributed by atoms with Gasteiger partial charge < -0.3 is 16.2 Å². The van der Waals surface area contributed by atoms with Crippen LogP contribution in [0.25, 0.3) is 0 Å². The quantitative estimate of drug-likeness (QED) is 0.347. The minimum absolute atomic E-state index is 0.433. The third kappa shape index (κ3) is 5.75. The fraction of sp³-hybridized carbons (Fsp3) is 0.714. The maximum atomic E-state index is 8.95. The fourth-order valence-electron chi connectivity index (χ4n) is 0.560. The molecular weight excluding hydrogens is 128 g/mol. The van der Waals surface area contributed by atoms with Crippen LogP contribution in [0.2, 0.25) is 0 Å². The van der Waals surface area contributed by atoms with Crippen LogP contribution in [0.15, 0.2) is 12.7 Å². The lowest BCUT2D eigenvalue weighted by Crippen LogP contribution is -2.27. The van der Waals surface area contributed by atoms with Gasteiger partial charge in [-0.2, -0.15) is 0 Å². The van der Waals surface area contributed by atoms with Gasteiger partial charge in [0.05, 0.1) is 6.10 Å². The van der Waals surface area contributed by atoms with Crippen LogP contribution in [0.5, 0.6) is 0 Å². The van der Waals surface area contributed by atoms with Gasteiger partial charge >= 0.3 is 0 Å². The summed E-state index contributed by atoms with van der Waals surface area (Å²) >= 11 is 0. The molecule has 60 valence electrons. The van der Waals surface area contributed by atoms with Crippen molar-refractivity contribution in [3.05, 3.63) is 12.7 Å². The molecule has 1 atom stereocenters. The molecular formula is C7H16N2O. The summed E-state index contributed by atoms with van der Waals surface area (Å²) in [6, 6.07) is 0. The summed E-state index contributed by atoms with van der Waals surface area (Å²) in [5.74, 6) is 0. The summed E-state index contributed by atoms with van der Waals surface area (Å²) in [7, 11) is 0. The van der Waals surface area contributed by atoms with Gasteiger partial charge in [0.1, 0.15) is 0 Å². The molecule has 0 rings (SSSR count). The second-order valence-electron chi connectivity index (χ2n) is 2.15. The van der Waals surface area contributed by atoms with E-state index in [1.807, 2.05) is 0 Å². The average molecular weight is 144 g/mol. The van der Waals surface area contributed by atoms with Crippen LogP contribution in [-0.4, -0.2) is 30.8 Å². The molecule has 0 radical (unpaired) electrons. The smallest absolute Gasteiger partial charge is 0.0842 e. The third-order valence-corrected chi connectivity index (χ3v) is 1.18. The Morgan fingerprint density at radius 2 is 2.40 bits per heavy atom. The van der Waals surface area contributed by atoms with Gasteiger partial charge in [0, 0.05) is 6.54 Å². The lowest BCUT2D eigenvalue weighted by Gasteiger charge is -2.05. The summed E-state index contributed by atoms with van der Waals surface area (Å²) in [6.07, 6.45) is 2.03. The summed E-state index contributed by atoms with van der Waals surface area (Å²) < 4.78 is 0. The normalized spacial score (nSPS) is 13.0. The molecule has 0 aromatic carbocycles. The van der Waals surface area contributed by atoms with E-state index in [9.17, 15) is 0 Å². The summed E-state index contributed by atoms with van der Waals surface area (Å²) in [4.78, 5) is 0. The van der Waals surface area contributed by atoms with Crippen LogP contribution < -0.4 is 11.1 Å². The zero-order valence-electron chi connectivity index (χ0n) is 6.21. The van der Waals surface area contributed by atoms with E-state index in [0.29, 0.717) is 13.1 Å².